The van der Waals surface area contributed by atoms with Crippen LogP contribution in [0.15, 0.2) is 45.6 Å². The maximum Gasteiger partial charge on any atom is 0.227 e. The molecular weight excluding hydrogens is 310 g/mol. The Balaban J connectivity index is 1.41. The molecule has 0 radical (unpaired) electrons. The second-order valence-corrected chi connectivity index (χ2v) is 6.23. The zero-order chi connectivity index (χ0) is 15.6. The Kier molecular flexibility index (Phi) is 3.67. The third-order valence-electron chi connectivity index (χ3n) is 3.99. The van der Waals surface area contributed by atoms with Crippen LogP contribution < -0.4 is 4.90 Å². The summed E-state index contributed by atoms with van der Waals surface area (Å²) in [5.74, 6) is 1.19. The van der Waals surface area contributed by atoms with E-state index in [-0.39, 0.29) is 5.91 Å². The van der Waals surface area contributed by atoms with Crippen molar-refractivity contribution in [2.24, 2.45) is 0 Å². The average Bonchev–Trinajstić information content (AvgIpc) is 3.31. The van der Waals surface area contributed by atoms with Crippen molar-refractivity contribution in [3.63, 3.8) is 0 Å². The third kappa shape index (κ3) is 2.77. The number of rotatable bonds is 4. The number of carbonyl (C=O) groups excluding carboxylic acids is 1. The summed E-state index contributed by atoms with van der Waals surface area (Å²) in [5, 5.41) is 7.91. The van der Waals surface area contributed by atoms with E-state index < -0.39 is 0 Å². The molecule has 0 saturated carbocycles. The lowest BCUT2D eigenvalue weighted by molar-refractivity contribution is -0.118. The van der Waals surface area contributed by atoms with E-state index in [0.29, 0.717) is 24.6 Å². The van der Waals surface area contributed by atoms with Gasteiger partial charge in [-0.3, -0.25) is 4.79 Å². The maximum absolute atomic E-state index is 12.5. The van der Waals surface area contributed by atoms with Gasteiger partial charge < -0.3 is 9.42 Å². The van der Waals surface area contributed by atoms with Crippen LogP contribution in [0.2, 0.25) is 0 Å². The van der Waals surface area contributed by atoms with Crippen LogP contribution in [0.4, 0.5) is 5.69 Å². The number of hydrogen-bond donors (Lipinski definition) is 0. The Morgan fingerprint density at radius 3 is 3.09 bits per heavy atom. The van der Waals surface area contributed by atoms with Gasteiger partial charge in [0.15, 0.2) is 0 Å². The summed E-state index contributed by atoms with van der Waals surface area (Å²) in [6.07, 6.45) is 1.76. The lowest BCUT2D eigenvalue weighted by Crippen LogP contribution is -2.29. The average molecular weight is 325 g/mol. The van der Waals surface area contributed by atoms with Crippen LogP contribution in [0.25, 0.3) is 11.4 Å². The highest BCUT2D eigenvalue weighted by Crippen LogP contribution is 2.28. The molecule has 23 heavy (non-hydrogen) atoms. The van der Waals surface area contributed by atoms with Gasteiger partial charge in [-0.05, 0) is 29.5 Å². The summed E-state index contributed by atoms with van der Waals surface area (Å²) in [4.78, 5) is 18.7. The first-order chi connectivity index (χ1) is 11.3. The SMILES string of the molecule is O=C(CCc1nc(-c2ccsc2)no1)N1CCc2ccccc21. The standard InChI is InChI=1S/C17H15N3O2S/c21-16(20-9-7-12-3-1-2-4-14(12)20)6-5-15-18-17(19-22-15)13-8-10-23-11-13/h1-4,8,10-11H,5-7,9H2. The predicted octanol–water partition coefficient (Wildman–Crippen LogP) is 3.32. The third-order valence-corrected chi connectivity index (χ3v) is 4.67. The van der Waals surface area contributed by atoms with E-state index in [1.807, 2.05) is 39.9 Å². The first-order valence-corrected chi connectivity index (χ1v) is 8.49. The molecule has 6 heteroatoms. The predicted molar refractivity (Wildman–Crippen MR) is 88.4 cm³/mol. The summed E-state index contributed by atoms with van der Waals surface area (Å²) in [6, 6.07) is 10.0. The van der Waals surface area contributed by atoms with Gasteiger partial charge in [-0.2, -0.15) is 16.3 Å². The molecule has 0 N–H and O–H groups in total. The van der Waals surface area contributed by atoms with Crippen LogP contribution >= 0.6 is 11.3 Å². The Bertz CT molecular complexity index is 826. The quantitative estimate of drug-likeness (QED) is 0.738. The van der Waals surface area contributed by atoms with Crippen molar-refractivity contribution in [1.29, 1.82) is 0 Å². The van der Waals surface area contributed by atoms with Crippen molar-refractivity contribution in [1.82, 2.24) is 10.1 Å². The molecule has 3 aromatic rings. The fraction of sp³-hybridized carbons (Fsp3) is 0.235. The van der Waals surface area contributed by atoms with Crippen molar-refractivity contribution in [2.75, 3.05) is 11.4 Å². The van der Waals surface area contributed by atoms with Gasteiger partial charge in [0.2, 0.25) is 17.6 Å². The van der Waals surface area contributed by atoms with Crippen molar-refractivity contribution in [3.05, 3.63) is 52.5 Å². The van der Waals surface area contributed by atoms with E-state index in [1.165, 1.54) is 5.56 Å². The molecule has 0 saturated heterocycles. The van der Waals surface area contributed by atoms with Crippen molar-refractivity contribution in [2.45, 2.75) is 19.3 Å². The smallest absolute Gasteiger partial charge is 0.227 e. The first-order valence-electron chi connectivity index (χ1n) is 7.55. The lowest BCUT2D eigenvalue weighted by Gasteiger charge is -2.16. The molecule has 0 bridgehead atoms. The molecule has 5 nitrogen and oxygen atoms in total. The van der Waals surface area contributed by atoms with Crippen molar-refractivity contribution >= 4 is 22.9 Å². The van der Waals surface area contributed by atoms with Crippen LogP contribution in [0.5, 0.6) is 0 Å². The molecule has 1 aliphatic heterocycles. The Labute approximate surface area is 137 Å². The minimum atomic E-state index is 0.102. The second-order valence-electron chi connectivity index (χ2n) is 5.45. The maximum atomic E-state index is 12.5. The molecule has 0 unspecified atom stereocenters. The van der Waals surface area contributed by atoms with E-state index in [0.717, 1.165) is 24.2 Å². The highest BCUT2D eigenvalue weighted by molar-refractivity contribution is 7.08. The summed E-state index contributed by atoms with van der Waals surface area (Å²) >= 11 is 1.59. The Morgan fingerprint density at radius 2 is 2.22 bits per heavy atom. The van der Waals surface area contributed by atoms with Gasteiger partial charge >= 0.3 is 0 Å². The van der Waals surface area contributed by atoms with Crippen LogP contribution in [0, 0.1) is 0 Å². The van der Waals surface area contributed by atoms with Gasteiger partial charge in [-0.15, -0.1) is 0 Å². The molecule has 2 aromatic heterocycles. The van der Waals surface area contributed by atoms with Gasteiger partial charge in [-0.1, -0.05) is 23.4 Å². The first kappa shape index (κ1) is 14.1. The molecule has 0 atom stereocenters. The van der Waals surface area contributed by atoms with Gasteiger partial charge in [0, 0.05) is 36.0 Å². The Hall–Kier alpha value is -2.47. The topological polar surface area (TPSA) is 59.2 Å². The fourth-order valence-electron chi connectivity index (χ4n) is 2.81. The monoisotopic (exact) mass is 325 g/mol. The van der Waals surface area contributed by atoms with E-state index in [9.17, 15) is 4.79 Å². The number of benzene rings is 1. The number of thiophene rings is 1. The fourth-order valence-corrected chi connectivity index (χ4v) is 3.45. The molecule has 4 rings (SSSR count). The highest BCUT2D eigenvalue weighted by atomic mass is 32.1. The highest BCUT2D eigenvalue weighted by Gasteiger charge is 2.24. The molecule has 3 heterocycles. The largest absolute Gasteiger partial charge is 0.339 e. The number of anilines is 1. The second kappa shape index (κ2) is 5.96. The van der Waals surface area contributed by atoms with Gasteiger partial charge in [0.1, 0.15) is 0 Å². The normalized spacial score (nSPS) is 13.3. The van der Waals surface area contributed by atoms with Gasteiger partial charge in [-0.25, -0.2) is 0 Å². The number of para-hydroxylation sites is 1. The van der Waals surface area contributed by atoms with Gasteiger partial charge in [0.25, 0.3) is 0 Å². The molecule has 0 spiro atoms. The molecule has 1 aliphatic rings. The van der Waals surface area contributed by atoms with Crippen molar-refractivity contribution < 1.29 is 9.32 Å². The molecular formula is C17H15N3O2S. The van der Waals surface area contributed by atoms with Crippen LogP contribution in [-0.4, -0.2) is 22.6 Å². The number of amides is 1. The number of fused-ring (bicyclic) bond motifs is 1. The minimum absolute atomic E-state index is 0.102. The molecule has 0 aliphatic carbocycles. The number of aryl methyl sites for hydroxylation is 1. The summed E-state index contributed by atoms with van der Waals surface area (Å²) in [7, 11) is 0. The van der Waals surface area contributed by atoms with E-state index in [1.54, 1.807) is 11.3 Å². The van der Waals surface area contributed by atoms with Gasteiger partial charge in [0.05, 0.1) is 0 Å². The summed E-state index contributed by atoms with van der Waals surface area (Å²) in [6.45, 7) is 0.752. The van der Waals surface area contributed by atoms with Crippen LogP contribution in [0.3, 0.4) is 0 Å². The minimum Gasteiger partial charge on any atom is -0.339 e. The Morgan fingerprint density at radius 1 is 1.30 bits per heavy atom. The molecule has 0 fully saturated rings. The zero-order valence-corrected chi connectivity index (χ0v) is 13.3. The number of nitrogens with zero attached hydrogens (tertiary/aromatic N) is 3. The summed E-state index contributed by atoms with van der Waals surface area (Å²) in [5.41, 5.74) is 3.21. The number of aromatic nitrogens is 2. The van der Waals surface area contributed by atoms with Crippen molar-refractivity contribution in [3.8, 4) is 11.4 Å². The molecule has 1 aromatic carbocycles. The number of hydrogen-bond acceptors (Lipinski definition) is 5. The van der Waals surface area contributed by atoms with Crippen LogP contribution in [-0.2, 0) is 17.6 Å². The molecule has 116 valence electrons. The summed E-state index contributed by atoms with van der Waals surface area (Å²) < 4.78 is 5.24. The van der Waals surface area contributed by atoms with E-state index in [4.69, 9.17) is 4.52 Å². The molecule has 1 amide bonds. The van der Waals surface area contributed by atoms with E-state index in [2.05, 4.69) is 16.2 Å². The van der Waals surface area contributed by atoms with E-state index >= 15 is 0 Å². The zero-order valence-electron chi connectivity index (χ0n) is 12.4. The van der Waals surface area contributed by atoms with Crippen LogP contribution in [0.1, 0.15) is 17.9 Å². The lowest BCUT2D eigenvalue weighted by atomic mass is 10.2. The number of carbonyl (C=O) groups is 1.